The fourth-order valence-corrected chi connectivity index (χ4v) is 7.84. The van der Waals surface area contributed by atoms with Gasteiger partial charge in [-0.2, -0.15) is 0 Å². The zero-order valence-electron chi connectivity index (χ0n) is 32.9. The Balaban J connectivity index is 1.41. The van der Waals surface area contributed by atoms with E-state index >= 15 is 0 Å². The number of phenolic OH excluding ortho intramolecular Hbond substituents is 3. The van der Waals surface area contributed by atoms with E-state index in [1.807, 2.05) is 130 Å². The molecule has 0 atom stereocenters. The number of rotatable bonds is 9. The van der Waals surface area contributed by atoms with Gasteiger partial charge in [0.05, 0.1) is 19.6 Å². The van der Waals surface area contributed by atoms with E-state index in [0.29, 0.717) is 50.1 Å². The average molecular weight is 760 g/mol. The fraction of sp³-hybridized carbons (Fsp3) is 0.188. The second-order valence-electron chi connectivity index (χ2n) is 14.8. The van der Waals surface area contributed by atoms with Crippen LogP contribution in [0.4, 0.5) is 0 Å². The number of aryl methyl sites for hydroxylation is 3. The van der Waals surface area contributed by atoms with Crippen LogP contribution >= 0.6 is 0 Å². The van der Waals surface area contributed by atoms with Crippen molar-refractivity contribution in [1.29, 1.82) is 0 Å². The fourth-order valence-electron chi connectivity index (χ4n) is 7.84. The molecule has 0 aliphatic carbocycles. The maximum atomic E-state index is 14.6. The van der Waals surface area contributed by atoms with E-state index in [1.54, 1.807) is 20.8 Å². The summed E-state index contributed by atoms with van der Waals surface area (Å²) in [6.07, 6.45) is 0. The highest BCUT2D eigenvalue weighted by atomic mass is 16.3. The molecule has 0 aliphatic rings. The number of aromatic nitrogens is 3. The topological polar surface area (TPSA) is 127 Å². The van der Waals surface area contributed by atoms with Crippen molar-refractivity contribution >= 4 is 0 Å². The molecule has 0 saturated heterocycles. The van der Waals surface area contributed by atoms with E-state index in [1.165, 1.54) is 0 Å². The highest BCUT2D eigenvalue weighted by Crippen LogP contribution is 2.38. The average Bonchev–Trinajstić information content (AvgIpc) is 3.22. The molecule has 0 radical (unpaired) electrons. The highest BCUT2D eigenvalue weighted by molar-refractivity contribution is 5.76. The van der Waals surface area contributed by atoms with Crippen LogP contribution < -0.4 is 17.1 Å². The SMILES string of the molecule is Cc1cc(-c2ccccc2)c(O)c(C)c1Cn1c(=O)n(Cc2c(C)cc(-c3ccccc3)c(O)c2C)c(=O)n(Cc2c(C)cc(-c3ccccc3)c(O)c2C)c1=O. The molecule has 3 N–H and O–H groups in total. The summed E-state index contributed by atoms with van der Waals surface area (Å²) in [5, 5.41) is 34.3. The molecule has 0 aliphatic heterocycles. The molecular formula is C48H45N3O6. The van der Waals surface area contributed by atoms with Crippen molar-refractivity contribution in [3.63, 3.8) is 0 Å². The zero-order valence-corrected chi connectivity index (χ0v) is 32.9. The Labute approximate surface area is 330 Å². The molecule has 1 aromatic heterocycles. The molecule has 0 unspecified atom stereocenters. The normalized spacial score (nSPS) is 11.3. The molecule has 7 rings (SSSR count). The van der Waals surface area contributed by atoms with E-state index < -0.39 is 17.1 Å². The van der Waals surface area contributed by atoms with E-state index in [2.05, 4.69) is 0 Å². The zero-order chi connectivity index (χ0) is 40.7. The summed E-state index contributed by atoms with van der Waals surface area (Å²) in [4.78, 5) is 43.7. The van der Waals surface area contributed by atoms with Gasteiger partial charge >= 0.3 is 17.1 Å². The van der Waals surface area contributed by atoms with Gasteiger partial charge in [-0.25, -0.2) is 28.1 Å². The third-order valence-corrected chi connectivity index (χ3v) is 11.3. The molecule has 0 bridgehead atoms. The van der Waals surface area contributed by atoms with E-state index in [9.17, 15) is 29.7 Å². The van der Waals surface area contributed by atoms with Crippen molar-refractivity contribution in [3.05, 3.63) is 191 Å². The van der Waals surface area contributed by atoms with Crippen molar-refractivity contribution in [2.75, 3.05) is 0 Å². The molecule has 288 valence electrons. The van der Waals surface area contributed by atoms with Gasteiger partial charge in [-0.1, -0.05) is 91.0 Å². The Morgan fingerprint density at radius 2 is 0.614 bits per heavy atom. The molecule has 0 amide bonds. The first-order chi connectivity index (χ1) is 27.3. The number of aromatic hydroxyl groups is 3. The Bertz CT molecular complexity index is 2510. The van der Waals surface area contributed by atoms with Crippen LogP contribution in [-0.2, 0) is 19.6 Å². The molecule has 0 saturated carbocycles. The first kappa shape index (κ1) is 38.4. The summed E-state index contributed by atoms with van der Waals surface area (Å²) >= 11 is 0. The van der Waals surface area contributed by atoms with Crippen LogP contribution in [0.1, 0.15) is 50.1 Å². The number of benzene rings is 6. The first-order valence-electron chi connectivity index (χ1n) is 18.8. The lowest BCUT2D eigenvalue weighted by atomic mass is 9.93. The van der Waals surface area contributed by atoms with Crippen LogP contribution in [0, 0.1) is 41.5 Å². The van der Waals surface area contributed by atoms with Crippen LogP contribution in [0.5, 0.6) is 17.2 Å². The molecule has 57 heavy (non-hydrogen) atoms. The summed E-state index contributed by atoms with van der Waals surface area (Å²) in [5.74, 6) is 0.0943. The predicted molar refractivity (Wildman–Crippen MR) is 226 cm³/mol. The molecular weight excluding hydrogens is 715 g/mol. The monoisotopic (exact) mass is 759 g/mol. The smallest absolute Gasteiger partial charge is 0.336 e. The standard InChI is InChI=1S/C48H45N3O6/c1-28-22-37(34-16-10-7-11-17-34)43(52)31(4)40(28)25-49-46(55)50(26-41-29(2)23-38(44(53)32(41)5)35-18-12-8-13-19-35)48(57)51(47(49)56)27-42-30(3)24-39(45(54)33(42)6)36-20-14-9-15-21-36/h7-24,52-54H,25-27H2,1-6H3. The molecule has 9 nitrogen and oxygen atoms in total. The molecule has 9 heteroatoms. The summed E-state index contributed by atoms with van der Waals surface area (Å²) in [6, 6.07) is 33.9. The number of hydrogen-bond acceptors (Lipinski definition) is 6. The third-order valence-electron chi connectivity index (χ3n) is 11.3. The summed E-state index contributed by atoms with van der Waals surface area (Å²) in [7, 11) is 0. The largest absolute Gasteiger partial charge is 0.507 e. The summed E-state index contributed by atoms with van der Waals surface area (Å²) in [5.41, 5.74) is 7.32. The third kappa shape index (κ3) is 6.97. The van der Waals surface area contributed by atoms with Gasteiger partial charge in [-0.3, -0.25) is 0 Å². The van der Waals surface area contributed by atoms with Crippen LogP contribution in [-0.4, -0.2) is 29.0 Å². The maximum Gasteiger partial charge on any atom is 0.336 e. The van der Waals surface area contributed by atoms with Crippen LogP contribution in [0.15, 0.2) is 124 Å². The van der Waals surface area contributed by atoms with Crippen molar-refractivity contribution in [2.45, 2.75) is 61.2 Å². The summed E-state index contributed by atoms with van der Waals surface area (Å²) in [6.45, 7) is 10.2. The Kier molecular flexibility index (Phi) is 10.3. The minimum Gasteiger partial charge on any atom is -0.507 e. The van der Waals surface area contributed by atoms with Gasteiger partial charge in [0.15, 0.2) is 0 Å². The van der Waals surface area contributed by atoms with Gasteiger partial charge in [-0.05, 0) is 127 Å². The lowest BCUT2D eigenvalue weighted by Gasteiger charge is -2.21. The second kappa shape index (κ2) is 15.3. The van der Waals surface area contributed by atoms with E-state index in [-0.39, 0.29) is 36.9 Å². The first-order valence-corrected chi connectivity index (χ1v) is 18.8. The van der Waals surface area contributed by atoms with Gasteiger partial charge in [-0.15, -0.1) is 0 Å². The van der Waals surface area contributed by atoms with Crippen LogP contribution in [0.3, 0.4) is 0 Å². The molecule has 6 aromatic carbocycles. The number of nitrogens with zero attached hydrogens (tertiary/aromatic N) is 3. The molecule has 0 spiro atoms. The van der Waals surface area contributed by atoms with Gasteiger partial charge in [0, 0.05) is 16.7 Å². The van der Waals surface area contributed by atoms with Crippen molar-refractivity contribution < 1.29 is 15.3 Å². The molecule has 1 heterocycles. The number of phenols is 3. The van der Waals surface area contributed by atoms with Crippen LogP contribution in [0.2, 0.25) is 0 Å². The van der Waals surface area contributed by atoms with Gasteiger partial charge < -0.3 is 15.3 Å². The van der Waals surface area contributed by atoms with Gasteiger partial charge in [0.25, 0.3) is 0 Å². The van der Waals surface area contributed by atoms with Crippen molar-refractivity contribution in [2.24, 2.45) is 0 Å². The molecule has 7 aromatic rings. The van der Waals surface area contributed by atoms with E-state index in [4.69, 9.17) is 0 Å². The van der Waals surface area contributed by atoms with Crippen LogP contribution in [0.25, 0.3) is 33.4 Å². The number of hydrogen-bond donors (Lipinski definition) is 3. The predicted octanol–water partition coefficient (Wildman–Crippen LogP) is 8.28. The van der Waals surface area contributed by atoms with Gasteiger partial charge in [0.1, 0.15) is 17.2 Å². The quantitative estimate of drug-likeness (QED) is 0.136. The molecule has 0 fully saturated rings. The van der Waals surface area contributed by atoms with Crippen molar-refractivity contribution in [1.82, 2.24) is 13.7 Å². The minimum absolute atomic E-state index is 0.0314. The minimum atomic E-state index is -0.826. The van der Waals surface area contributed by atoms with Gasteiger partial charge in [0.2, 0.25) is 0 Å². The lowest BCUT2D eigenvalue weighted by Crippen LogP contribution is -2.55. The Morgan fingerprint density at radius 3 is 0.842 bits per heavy atom. The second-order valence-corrected chi connectivity index (χ2v) is 14.8. The Morgan fingerprint density at radius 1 is 0.386 bits per heavy atom. The lowest BCUT2D eigenvalue weighted by molar-refractivity contribution is 0.463. The van der Waals surface area contributed by atoms with E-state index in [0.717, 1.165) is 47.1 Å². The maximum absolute atomic E-state index is 14.6. The summed E-state index contributed by atoms with van der Waals surface area (Å²) < 4.78 is 3.10. The van der Waals surface area contributed by atoms with Crippen molar-refractivity contribution in [3.8, 4) is 50.6 Å². The Hall–Kier alpha value is -6.87. The highest BCUT2D eigenvalue weighted by Gasteiger charge is 2.24.